The molecule has 2 aromatic carbocycles. The molecular formula is C18H17FN2O3. The molecule has 2 amide bonds. The zero-order chi connectivity index (χ0) is 16.9. The van der Waals surface area contributed by atoms with E-state index in [-0.39, 0.29) is 17.9 Å². The standard InChI is InChI=1S/C18H17FN2O3/c19-13-5-3-12(4-6-13)17(22)20-14-7-9-15(10-8-14)21-18(23)16-2-1-11-24-16/h3-10,16H,1-2,11H2,(H,20,22)(H,21,23). The molecular weight excluding hydrogens is 311 g/mol. The number of ether oxygens (including phenoxy) is 1. The highest BCUT2D eigenvalue weighted by Gasteiger charge is 2.23. The number of anilines is 2. The second kappa shape index (κ2) is 7.23. The Hall–Kier alpha value is -2.73. The van der Waals surface area contributed by atoms with Gasteiger partial charge in [0.05, 0.1) is 0 Å². The molecule has 0 spiro atoms. The fourth-order valence-corrected chi connectivity index (χ4v) is 2.45. The van der Waals surface area contributed by atoms with Gasteiger partial charge in [-0.3, -0.25) is 9.59 Å². The molecule has 1 aliphatic heterocycles. The second-order valence-electron chi connectivity index (χ2n) is 5.53. The summed E-state index contributed by atoms with van der Waals surface area (Å²) in [6.07, 6.45) is 1.24. The first-order chi connectivity index (χ1) is 11.6. The molecule has 1 atom stereocenters. The van der Waals surface area contributed by atoms with Gasteiger partial charge in [-0.15, -0.1) is 0 Å². The minimum atomic E-state index is -0.391. The number of nitrogens with one attached hydrogen (secondary N) is 2. The van der Waals surface area contributed by atoms with Crippen molar-refractivity contribution in [3.63, 3.8) is 0 Å². The van der Waals surface area contributed by atoms with Crippen molar-refractivity contribution in [2.24, 2.45) is 0 Å². The number of amides is 2. The van der Waals surface area contributed by atoms with Crippen LogP contribution in [0.4, 0.5) is 15.8 Å². The Morgan fingerprint density at radius 3 is 2.17 bits per heavy atom. The number of carbonyl (C=O) groups excluding carboxylic acids is 2. The number of carbonyl (C=O) groups is 2. The Kier molecular flexibility index (Phi) is 4.86. The van der Waals surface area contributed by atoms with Gasteiger partial charge in [-0.05, 0) is 61.4 Å². The summed E-state index contributed by atoms with van der Waals surface area (Å²) in [6.45, 7) is 0.618. The van der Waals surface area contributed by atoms with Crippen LogP contribution in [-0.2, 0) is 9.53 Å². The van der Waals surface area contributed by atoms with Crippen LogP contribution in [0.3, 0.4) is 0 Å². The molecule has 1 fully saturated rings. The van der Waals surface area contributed by atoms with Crippen LogP contribution in [0, 0.1) is 5.82 Å². The molecule has 1 saturated heterocycles. The summed E-state index contributed by atoms with van der Waals surface area (Å²) in [4.78, 5) is 24.0. The molecule has 3 rings (SSSR count). The predicted octanol–water partition coefficient (Wildman–Crippen LogP) is 3.20. The Morgan fingerprint density at radius 1 is 0.958 bits per heavy atom. The van der Waals surface area contributed by atoms with Crippen molar-refractivity contribution in [3.8, 4) is 0 Å². The average Bonchev–Trinajstić information content (AvgIpc) is 3.12. The molecule has 6 heteroatoms. The monoisotopic (exact) mass is 328 g/mol. The largest absolute Gasteiger partial charge is 0.368 e. The first-order valence-electron chi connectivity index (χ1n) is 7.71. The van der Waals surface area contributed by atoms with Gasteiger partial charge >= 0.3 is 0 Å². The van der Waals surface area contributed by atoms with Crippen LogP contribution < -0.4 is 10.6 Å². The number of benzene rings is 2. The van der Waals surface area contributed by atoms with Crippen LogP contribution in [0.5, 0.6) is 0 Å². The Bertz CT molecular complexity index is 723. The third-order valence-electron chi connectivity index (χ3n) is 3.74. The summed E-state index contributed by atoms with van der Waals surface area (Å²) in [5, 5.41) is 5.50. The maximum Gasteiger partial charge on any atom is 0.255 e. The van der Waals surface area contributed by atoms with Crippen LogP contribution in [0.25, 0.3) is 0 Å². The highest BCUT2D eigenvalue weighted by atomic mass is 19.1. The zero-order valence-corrected chi connectivity index (χ0v) is 12.9. The van der Waals surface area contributed by atoms with Crippen molar-refractivity contribution >= 4 is 23.2 Å². The van der Waals surface area contributed by atoms with Gasteiger partial charge in [0.1, 0.15) is 11.9 Å². The minimum Gasteiger partial charge on any atom is -0.368 e. The van der Waals surface area contributed by atoms with Gasteiger partial charge in [-0.1, -0.05) is 0 Å². The predicted molar refractivity (Wildman–Crippen MR) is 88.4 cm³/mol. The second-order valence-corrected chi connectivity index (χ2v) is 5.53. The van der Waals surface area contributed by atoms with Crippen LogP contribution >= 0.6 is 0 Å². The highest BCUT2D eigenvalue weighted by Crippen LogP contribution is 2.18. The van der Waals surface area contributed by atoms with E-state index in [0.29, 0.717) is 23.5 Å². The van der Waals surface area contributed by atoms with Gasteiger partial charge in [-0.2, -0.15) is 0 Å². The summed E-state index contributed by atoms with van der Waals surface area (Å²) < 4.78 is 18.2. The summed E-state index contributed by atoms with van der Waals surface area (Å²) in [6, 6.07) is 12.1. The average molecular weight is 328 g/mol. The normalized spacial score (nSPS) is 16.6. The van der Waals surface area contributed by atoms with Crippen molar-refractivity contribution in [2.45, 2.75) is 18.9 Å². The smallest absolute Gasteiger partial charge is 0.255 e. The minimum absolute atomic E-state index is 0.157. The molecule has 2 N–H and O–H groups in total. The maximum absolute atomic E-state index is 12.9. The van der Waals surface area contributed by atoms with Crippen molar-refractivity contribution in [2.75, 3.05) is 17.2 Å². The number of hydrogen-bond acceptors (Lipinski definition) is 3. The van der Waals surface area contributed by atoms with Crippen molar-refractivity contribution in [3.05, 3.63) is 59.9 Å². The van der Waals surface area contributed by atoms with E-state index in [9.17, 15) is 14.0 Å². The Morgan fingerprint density at radius 2 is 1.58 bits per heavy atom. The SMILES string of the molecule is O=C(Nc1ccc(NC(=O)C2CCCO2)cc1)c1ccc(F)cc1. The van der Waals surface area contributed by atoms with Gasteiger partial charge in [0.2, 0.25) is 0 Å². The number of halogens is 1. The topological polar surface area (TPSA) is 67.4 Å². The van der Waals surface area contributed by atoms with Gasteiger partial charge in [0.15, 0.2) is 0 Å². The van der Waals surface area contributed by atoms with Gasteiger partial charge in [-0.25, -0.2) is 4.39 Å². The molecule has 0 aromatic heterocycles. The molecule has 24 heavy (non-hydrogen) atoms. The molecule has 124 valence electrons. The zero-order valence-electron chi connectivity index (χ0n) is 12.9. The fraction of sp³-hybridized carbons (Fsp3) is 0.222. The Labute approximate surface area is 138 Å². The van der Waals surface area contributed by atoms with Crippen molar-refractivity contribution in [1.29, 1.82) is 0 Å². The summed E-state index contributed by atoms with van der Waals surface area (Å²) >= 11 is 0. The lowest BCUT2D eigenvalue weighted by Crippen LogP contribution is -2.26. The molecule has 2 aromatic rings. The van der Waals surface area contributed by atoms with E-state index in [1.165, 1.54) is 24.3 Å². The highest BCUT2D eigenvalue weighted by molar-refractivity contribution is 6.04. The first-order valence-corrected chi connectivity index (χ1v) is 7.71. The lowest BCUT2D eigenvalue weighted by Gasteiger charge is -2.11. The molecule has 1 aliphatic rings. The van der Waals surface area contributed by atoms with Crippen LogP contribution in [-0.4, -0.2) is 24.5 Å². The van der Waals surface area contributed by atoms with E-state index in [1.807, 2.05) is 0 Å². The van der Waals surface area contributed by atoms with E-state index < -0.39 is 5.82 Å². The molecule has 0 aliphatic carbocycles. The van der Waals surface area contributed by atoms with E-state index in [1.54, 1.807) is 24.3 Å². The summed E-state index contributed by atoms with van der Waals surface area (Å²) in [7, 11) is 0. The molecule has 1 heterocycles. The third kappa shape index (κ3) is 3.97. The lowest BCUT2D eigenvalue weighted by molar-refractivity contribution is -0.124. The summed E-state index contributed by atoms with van der Waals surface area (Å²) in [5.74, 6) is -0.875. The molecule has 0 saturated carbocycles. The van der Waals surface area contributed by atoms with E-state index >= 15 is 0 Å². The quantitative estimate of drug-likeness (QED) is 0.906. The van der Waals surface area contributed by atoms with Gasteiger partial charge in [0.25, 0.3) is 11.8 Å². The van der Waals surface area contributed by atoms with E-state index in [2.05, 4.69) is 10.6 Å². The Balaban J connectivity index is 1.58. The van der Waals surface area contributed by atoms with E-state index in [0.717, 1.165) is 12.8 Å². The van der Waals surface area contributed by atoms with Gasteiger partial charge < -0.3 is 15.4 Å². The fourth-order valence-electron chi connectivity index (χ4n) is 2.45. The number of rotatable bonds is 4. The van der Waals surface area contributed by atoms with Gasteiger partial charge in [0, 0.05) is 23.5 Å². The van der Waals surface area contributed by atoms with Crippen LogP contribution in [0.1, 0.15) is 23.2 Å². The molecule has 5 nitrogen and oxygen atoms in total. The van der Waals surface area contributed by atoms with E-state index in [4.69, 9.17) is 4.74 Å². The van der Waals surface area contributed by atoms with Crippen LogP contribution in [0.15, 0.2) is 48.5 Å². The molecule has 1 unspecified atom stereocenters. The van der Waals surface area contributed by atoms with Crippen molar-refractivity contribution < 1.29 is 18.7 Å². The molecule has 0 radical (unpaired) electrons. The van der Waals surface area contributed by atoms with Crippen molar-refractivity contribution in [1.82, 2.24) is 0 Å². The maximum atomic E-state index is 12.9. The summed E-state index contributed by atoms with van der Waals surface area (Å²) in [5.41, 5.74) is 1.59. The third-order valence-corrected chi connectivity index (χ3v) is 3.74. The van der Waals surface area contributed by atoms with Crippen LogP contribution in [0.2, 0.25) is 0 Å². The lowest BCUT2D eigenvalue weighted by atomic mass is 10.2. The molecule has 0 bridgehead atoms. The number of hydrogen-bond donors (Lipinski definition) is 2. The first kappa shape index (κ1) is 16.1.